The number of hydrogen-bond acceptors (Lipinski definition) is 3. The average Bonchev–Trinajstić information content (AvgIpc) is 2.64. The predicted octanol–water partition coefficient (Wildman–Crippen LogP) is 7.10. The minimum atomic E-state index is -1.18. The van der Waals surface area contributed by atoms with Gasteiger partial charge in [-0.2, -0.15) is 0 Å². The highest BCUT2D eigenvalue weighted by Gasteiger charge is 2.16. The summed E-state index contributed by atoms with van der Waals surface area (Å²) in [5.41, 5.74) is 0. The van der Waals surface area contributed by atoms with E-state index in [9.17, 15) is 14.7 Å². The Hall–Kier alpha value is -1.26. The van der Waals surface area contributed by atoms with Crippen LogP contribution < -0.4 is 0 Å². The third-order valence-corrected chi connectivity index (χ3v) is 4.87. The molecule has 0 aliphatic heterocycles. The molecule has 0 radical (unpaired) electrons. The van der Waals surface area contributed by atoms with Crippen LogP contribution in [0.15, 0.2) is 0 Å². The largest absolute Gasteiger partial charge is 0.463 e. The van der Waals surface area contributed by atoms with Crippen molar-refractivity contribution in [3.05, 3.63) is 0 Å². The van der Waals surface area contributed by atoms with Gasteiger partial charge in [-0.05, 0) is 12.8 Å². The standard InChI is InChI=1S/C22H43NO4/c1-3-5-7-9-11-12-13-15-17-19-21(24)27-23(22(25)26)20-18-16-14-10-8-6-4-2/h3-20H2,1-2H3,(H,25,26). The molecular formula is C22H43NO4. The summed E-state index contributed by atoms with van der Waals surface area (Å²) in [6.45, 7) is 4.68. The monoisotopic (exact) mass is 385 g/mol. The van der Waals surface area contributed by atoms with Crippen molar-refractivity contribution < 1.29 is 19.5 Å². The third kappa shape index (κ3) is 17.9. The summed E-state index contributed by atoms with van der Waals surface area (Å²) in [6, 6.07) is 0. The molecule has 160 valence electrons. The highest BCUT2D eigenvalue weighted by atomic mass is 16.7. The van der Waals surface area contributed by atoms with E-state index in [1.165, 1.54) is 64.2 Å². The predicted molar refractivity (Wildman–Crippen MR) is 111 cm³/mol. The fourth-order valence-corrected chi connectivity index (χ4v) is 3.14. The van der Waals surface area contributed by atoms with Gasteiger partial charge in [0.25, 0.3) is 0 Å². The summed E-state index contributed by atoms with van der Waals surface area (Å²) < 4.78 is 0. The van der Waals surface area contributed by atoms with Gasteiger partial charge >= 0.3 is 12.1 Å². The van der Waals surface area contributed by atoms with Gasteiger partial charge in [-0.25, -0.2) is 9.59 Å². The molecule has 0 spiro atoms. The molecule has 0 saturated heterocycles. The summed E-state index contributed by atoms with van der Waals surface area (Å²) >= 11 is 0. The Morgan fingerprint density at radius 1 is 0.667 bits per heavy atom. The molecule has 5 heteroatoms. The van der Waals surface area contributed by atoms with E-state index in [2.05, 4.69) is 13.8 Å². The van der Waals surface area contributed by atoms with Gasteiger partial charge in [0.2, 0.25) is 0 Å². The average molecular weight is 386 g/mol. The Bertz CT molecular complexity index is 360. The zero-order chi connectivity index (χ0) is 20.2. The first-order chi connectivity index (χ1) is 13.1. The number of carbonyl (C=O) groups excluding carboxylic acids is 1. The smallest absolute Gasteiger partial charge is 0.440 e. The Labute approximate surface area is 166 Å². The minimum absolute atomic E-state index is 0.270. The number of rotatable bonds is 18. The Morgan fingerprint density at radius 3 is 1.52 bits per heavy atom. The van der Waals surface area contributed by atoms with Crippen LogP contribution in [0.5, 0.6) is 0 Å². The molecule has 0 atom stereocenters. The van der Waals surface area contributed by atoms with Crippen molar-refractivity contribution in [2.75, 3.05) is 6.54 Å². The molecule has 0 unspecified atom stereocenters. The molecule has 27 heavy (non-hydrogen) atoms. The van der Waals surface area contributed by atoms with Crippen molar-refractivity contribution in [2.45, 2.75) is 123 Å². The van der Waals surface area contributed by atoms with Crippen LogP contribution in [0.2, 0.25) is 0 Å². The minimum Gasteiger partial charge on any atom is -0.463 e. The molecule has 0 heterocycles. The zero-order valence-corrected chi connectivity index (χ0v) is 17.8. The molecule has 0 fully saturated rings. The van der Waals surface area contributed by atoms with Gasteiger partial charge in [0, 0.05) is 6.42 Å². The highest BCUT2D eigenvalue weighted by molar-refractivity contribution is 5.72. The van der Waals surface area contributed by atoms with E-state index in [0.717, 1.165) is 43.6 Å². The summed E-state index contributed by atoms with van der Waals surface area (Å²) in [5, 5.41) is 9.98. The van der Waals surface area contributed by atoms with Gasteiger partial charge in [-0.15, -0.1) is 5.06 Å². The molecular weight excluding hydrogens is 342 g/mol. The van der Waals surface area contributed by atoms with E-state index >= 15 is 0 Å². The topological polar surface area (TPSA) is 66.8 Å². The maximum atomic E-state index is 11.8. The van der Waals surface area contributed by atoms with Crippen LogP contribution in [0, 0.1) is 0 Å². The number of nitrogens with zero attached hydrogens (tertiary/aromatic N) is 1. The molecule has 0 bridgehead atoms. The molecule has 0 aliphatic rings. The van der Waals surface area contributed by atoms with Gasteiger partial charge in [0.15, 0.2) is 0 Å². The first-order valence-corrected chi connectivity index (χ1v) is 11.3. The molecule has 0 aromatic heterocycles. The number of hydrogen-bond donors (Lipinski definition) is 1. The maximum Gasteiger partial charge on any atom is 0.440 e. The zero-order valence-electron chi connectivity index (χ0n) is 17.8. The van der Waals surface area contributed by atoms with Crippen molar-refractivity contribution in [1.29, 1.82) is 0 Å². The van der Waals surface area contributed by atoms with Crippen LogP contribution in [-0.4, -0.2) is 28.8 Å². The van der Waals surface area contributed by atoms with Crippen LogP contribution in [0.3, 0.4) is 0 Å². The molecule has 1 N–H and O–H groups in total. The molecule has 0 aromatic rings. The normalized spacial score (nSPS) is 10.7. The molecule has 1 amide bonds. The van der Waals surface area contributed by atoms with Crippen LogP contribution in [-0.2, 0) is 9.63 Å². The summed E-state index contributed by atoms with van der Waals surface area (Å²) in [6.07, 6.45) is 17.5. The van der Waals surface area contributed by atoms with Crippen molar-refractivity contribution in [3.63, 3.8) is 0 Å². The summed E-state index contributed by atoms with van der Waals surface area (Å²) in [5.74, 6) is -0.428. The number of carboxylic acid groups (broad SMARTS) is 1. The van der Waals surface area contributed by atoms with Crippen molar-refractivity contribution in [3.8, 4) is 0 Å². The number of hydroxylamine groups is 2. The van der Waals surface area contributed by atoms with Crippen LogP contribution in [0.4, 0.5) is 4.79 Å². The quantitative estimate of drug-likeness (QED) is 0.202. The molecule has 0 aliphatic carbocycles. The van der Waals surface area contributed by atoms with Crippen LogP contribution in [0.25, 0.3) is 0 Å². The fraction of sp³-hybridized carbons (Fsp3) is 0.909. The molecule has 0 saturated carbocycles. The SMILES string of the molecule is CCCCCCCCCCCC(=O)ON(CCCCCCCCC)C(=O)O. The summed E-state index contributed by atoms with van der Waals surface area (Å²) in [7, 11) is 0. The first-order valence-electron chi connectivity index (χ1n) is 11.3. The van der Waals surface area contributed by atoms with Gasteiger partial charge < -0.3 is 9.94 Å². The van der Waals surface area contributed by atoms with E-state index in [1.807, 2.05) is 0 Å². The summed E-state index contributed by atoms with van der Waals surface area (Å²) in [4.78, 5) is 28.1. The highest BCUT2D eigenvalue weighted by Crippen LogP contribution is 2.12. The van der Waals surface area contributed by atoms with E-state index in [1.54, 1.807) is 0 Å². The van der Waals surface area contributed by atoms with Gasteiger partial charge in [-0.1, -0.05) is 104 Å². The van der Waals surface area contributed by atoms with Crippen LogP contribution in [0.1, 0.15) is 123 Å². The fourth-order valence-electron chi connectivity index (χ4n) is 3.14. The van der Waals surface area contributed by atoms with E-state index < -0.39 is 12.1 Å². The number of unbranched alkanes of at least 4 members (excludes halogenated alkanes) is 14. The lowest BCUT2D eigenvalue weighted by molar-refractivity contribution is -0.180. The van der Waals surface area contributed by atoms with Crippen molar-refractivity contribution >= 4 is 12.1 Å². The van der Waals surface area contributed by atoms with Gasteiger partial charge in [0.05, 0.1) is 6.54 Å². The number of amides is 1. The lowest BCUT2D eigenvalue weighted by Gasteiger charge is -2.17. The van der Waals surface area contributed by atoms with E-state index in [-0.39, 0.29) is 6.54 Å². The lowest BCUT2D eigenvalue weighted by atomic mass is 10.1. The van der Waals surface area contributed by atoms with E-state index in [0.29, 0.717) is 6.42 Å². The molecule has 5 nitrogen and oxygen atoms in total. The second-order valence-electron chi connectivity index (χ2n) is 7.55. The van der Waals surface area contributed by atoms with Crippen molar-refractivity contribution in [2.24, 2.45) is 0 Å². The van der Waals surface area contributed by atoms with Gasteiger partial charge in [0.1, 0.15) is 0 Å². The Morgan fingerprint density at radius 2 is 1.07 bits per heavy atom. The second-order valence-corrected chi connectivity index (χ2v) is 7.55. The first kappa shape index (κ1) is 25.7. The van der Waals surface area contributed by atoms with Crippen LogP contribution >= 0.6 is 0 Å². The van der Waals surface area contributed by atoms with E-state index in [4.69, 9.17) is 4.84 Å². The lowest BCUT2D eigenvalue weighted by Crippen LogP contribution is -2.33. The second kappa shape index (κ2) is 19.5. The Kier molecular flexibility index (Phi) is 18.6. The van der Waals surface area contributed by atoms with Crippen molar-refractivity contribution in [1.82, 2.24) is 5.06 Å². The maximum absolute atomic E-state index is 11.8. The number of carbonyl (C=O) groups is 2. The third-order valence-electron chi connectivity index (χ3n) is 4.87. The van der Waals surface area contributed by atoms with Gasteiger partial charge in [-0.3, -0.25) is 0 Å². The molecule has 0 rings (SSSR count). The Balaban J connectivity index is 3.67. The molecule has 0 aromatic carbocycles.